The van der Waals surface area contributed by atoms with Crippen molar-refractivity contribution in [1.29, 1.82) is 0 Å². The molecule has 0 spiro atoms. The third-order valence-electron chi connectivity index (χ3n) is 6.62. The number of nitrogens with zero attached hydrogens (tertiary/aromatic N) is 4. The number of carbonyl (C=O) groups excluding carboxylic acids is 1. The van der Waals surface area contributed by atoms with Gasteiger partial charge in [0.25, 0.3) is 0 Å². The van der Waals surface area contributed by atoms with Gasteiger partial charge in [-0.05, 0) is 36.6 Å². The van der Waals surface area contributed by atoms with Crippen molar-refractivity contribution >= 4 is 12.1 Å². The van der Waals surface area contributed by atoms with E-state index in [2.05, 4.69) is 38.8 Å². The van der Waals surface area contributed by atoms with E-state index in [1.807, 2.05) is 18.5 Å². The van der Waals surface area contributed by atoms with Crippen LogP contribution in [0.15, 0.2) is 49.1 Å². The number of hydrogen-bond donors (Lipinski definition) is 0. The van der Waals surface area contributed by atoms with E-state index in [0.29, 0.717) is 16.6 Å². The highest BCUT2D eigenvalue weighted by Gasteiger charge is 2.51. The summed E-state index contributed by atoms with van der Waals surface area (Å²) in [5.41, 5.74) is 4.25. The van der Waals surface area contributed by atoms with Crippen LogP contribution in [0.3, 0.4) is 0 Å². The molecule has 4 aliphatic rings. The average Bonchev–Trinajstić information content (AvgIpc) is 3.48. The molecule has 144 valence electrons. The van der Waals surface area contributed by atoms with Gasteiger partial charge in [0.15, 0.2) is 0 Å². The number of rotatable bonds is 6. The van der Waals surface area contributed by atoms with Crippen LogP contribution in [0.5, 0.6) is 0 Å². The largest absolute Gasteiger partial charge is 0.348 e. The van der Waals surface area contributed by atoms with Gasteiger partial charge in [-0.1, -0.05) is 18.6 Å². The molecular weight excluding hydrogens is 348 g/mol. The summed E-state index contributed by atoms with van der Waals surface area (Å²) in [6.07, 6.45) is 15.5. The minimum Gasteiger partial charge on any atom is -0.348 e. The lowest BCUT2D eigenvalue weighted by atomic mass is 9.91. The highest BCUT2D eigenvalue weighted by atomic mass is 16.1. The van der Waals surface area contributed by atoms with E-state index in [9.17, 15) is 4.79 Å². The number of imidazole rings is 1. The van der Waals surface area contributed by atoms with E-state index in [-0.39, 0.29) is 0 Å². The number of hydrogen-bond acceptors (Lipinski definition) is 3. The van der Waals surface area contributed by atoms with Crippen LogP contribution in [-0.4, -0.2) is 33.0 Å². The van der Waals surface area contributed by atoms with Gasteiger partial charge in [-0.3, -0.25) is 0 Å². The first kappa shape index (κ1) is 17.6. The molecule has 0 bridgehead atoms. The van der Waals surface area contributed by atoms with E-state index >= 15 is 0 Å². The van der Waals surface area contributed by atoms with Gasteiger partial charge in [0.2, 0.25) is 0 Å². The summed E-state index contributed by atoms with van der Waals surface area (Å²) < 4.78 is 2.69. The van der Waals surface area contributed by atoms with Crippen molar-refractivity contribution in [2.24, 2.45) is 0 Å². The lowest BCUT2D eigenvalue weighted by Crippen LogP contribution is -2.58. The Bertz CT molecular complexity index is 924. The number of fused-ring (bicyclic) bond motifs is 1. The van der Waals surface area contributed by atoms with Crippen molar-refractivity contribution in [2.45, 2.75) is 63.6 Å². The maximum absolute atomic E-state index is 12.4. The van der Waals surface area contributed by atoms with E-state index in [1.54, 1.807) is 6.33 Å². The first-order valence-electron chi connectivity index (χ1n) is 10.5. The Labute approximate surface area is 166 Å². The molecule has 1 aromatic rings. The summed E-state index contributed by atoms with van der Waals surface area (Å²) in [7, 11) is 0. The monoisotopic (exact) mass is 375 g/mol. The molecule has 1 unspecified atom stereocenters. The fourth-order valence-electron chi connectivity index (χ4n) is 5.01. The molecule has 5 nitrogen and oxygen atoms in total. The Balaban J connectivity index is 1.41. The fourth-order valence-corrected chi connectivity index (χ4v) is 5.01. The molecular formula is C23H27N4O+. The molecule has 0 radical (unpaired) electrons. The Morgan fingerprint density at radius 3 is 2.36 bits per heavy atom. The Morgan fingerprint density at radius 2 is 1.64 bits per heavy atom. The lowest BCUT2D eigenvalue weighted by Gasteiger charge is -2.41. The standard InChI is InChI=1S/C23H27N4O/c28-17-27(21-10-11-21,19-4-2-1-3-5-19)20-8-6-18(7-9-20)14-26-13-12-22-23(15-26)25-16-24-22/h6-9,12-13,15-17,19,21H,1-5,10-11,14H2/q+1. The van der Waals surface area contributed by atoms with Crippen molar-refractivity contribution < 1.29 is 4.79 Å². The molecule has 5 heteroatoms. The van der Waals surface area contributed by atoms with Gasteiger partial charge in [0.05, 0.1) is 5.69 Å². The van der Waals surface area contributed by atoms with Gasteiger partial charge >= 0.3 is 6.41 Å². The second-order valence-electron chi connectivity index (χ2n) is 8.39. The molecule has 0 N–H and O–H groups in total. The average molecular weight is 375 g/mol. The van der Waals surface area contributed by atoms with E-state index in [1.165, 1.54) is 62.6 Å². The molecule has 5 rings (SSSR count). The first-order chi connectivity index (χ1) is 13.8. The number of pyridine rings is 1. The van der Waals surface area contributed by atoms with Crippen molar-refractivity contribution in [3.05, 3.63) is 54.6 Å². The van der Waals surface area contributed by atoms with Gasteiger partial charge < -0.3 is 4.57 Å². The molecule has 2 fully saturated rings. The minimum absolute atomic E-state index is 0.456. The number of aromatic nitrogens is 3. The second-order valence-corrected chi connectivity index (χ2v) is 8.39. The van der Waals surface area contributed by atoms with Crippen LogP contribution in [0, 0.1) is 0 Å². The topological polar surface area (TPSA) is 47.8 Å². The molecule has 2 heterocycles. The highest BCUT2D eigenvalue weighted by Crippen LogP contribution is 2.43. The lowest BCUT2D eigenvalue weighted by molar-refractivity contribution is -0.120. The molecule has 0 saturated heterocycles. The summed E-state index contributed by atoms with van der Waals surface area (Å²) in [5.74, 6) is 0. The molecule has 2 aliphatic carbocycles. The Kier molecular flexibility index (Phi) is 4.47. The van der Waals surface area contributed by atoms with Crippen molar-refractivity contribution in [3.8, 4) is 11.4 Å². The van der Waals surface area contributed by atoms with Crippen molar-refractivity contribution in [1.82, 2.24) is 19.0 Å². The molecule has 1 atom stereocenters. The van der Waals surface area contributed by atoms with E-state index in [4.69, 9.17) is 0 Å². The summed E-state index contributed by atoms with van der Waals surface area (Å²) in [4.78, 5) is 20.9. The molecule has 1 aromatic carbocycles. The highest BCUT2D eigenvalue weighted by molar-refractivity contribution is 5.72. The fraction of sp³-hybridized carbons (Fsp3) is 0.435. The predicted octanol–water partition coefficient (Wildman–Crippen LogP) is 4.39. The maximum atomic E-state index is 12.4. The van der Waals surface area contributed by atoms with Gasteiger partial charge in [-0.2, -0.15) is 0 Å². The van der Waals surface area contributed by atoms with Crippen LogP contribution in [0.4, 0.5) is 5.69 Å². The second kappa shape index (κ2) is 7.13. The zero-order valence-electron chi connectivity index (χ0n) is 16.2. The van der Waals surface area contributed by atoms with Gasteiger partial charge in [-0.25, -0.2) is 19.2 Å². The van der Waals surface area contributed by atoms with Crippen LogP contribution < -0.4 is 4.48 Å². The van der Waals surface area contributed by atoms with Gasteiger partial charge in [0.1, 0.15) is 29.8 Å². The maximum Gasteiger partial charge on any atom is 0.307 e. The first-order valence-corrected chi connectivity index (χ1v) is 10.5. The normalized spacial score (nSPS) is 20.1. The zero-order valence-corrected chi connectivity index (χ0v) is 16.2. The third kappa shape index (κ3) is 3.04. The molecule has 1 amide bonds. The third-order valence-corrected chi connectivity index (χ3v) is 6.62. The smallest absolute Gasteiger partial charge is 0.307 e. The summed E-state index contributed by atoms with van der Waals surface area (Å²) >= 11 is 0. The number of amides is 1. The molecule has 2 saturated carbocycles. The van der Waals surface area contributed by atoms with E-state index < -0.39 is 0 Å². The van der Waals surface area contributed by atoms with Crippen molar-refractivity contribution in [2.75, 3.05) is 0 Å². The summed E-state index contributed by atoms with van der Waals surface area (Å²) in [5, 5.41) is 0. The zero-order chi connectivity index (χ0) is 19.0. The van der Waals surface area contributed by atoms with Crippen LogP contribution in [0.1, 0.15) is 50.5 Å². The van der Waals surface area contributed by atoms with Crippen LogP contribution in [-0.2, 0) is 11.3 Å². The quantitative estimate of drug-likeness (QED) is 0.474. The number of quaternary nitrogens is 1. The van der Waals surface area contributed by atoms with Gasteiger partial charge in [0, 0.05) is 44.6 Å². The summed E-state index contributed by atoms with van der Waals surface area (Å²) in [6, 6.07) is 11.7. The van der Waals surface area contributed by atoms with Crippen LogP contribution in [0.2, 0.25) is 0 Å². The predicted molar refractivity (Wildman–Crippen MR) is 110 cm³/mol. The van der Waals surface area contributed by atoms with Crippen LogP contribution >= 0.6 is 0 Å². The number of carbonyl (C=O) groups is 1. The number of benzene rings is 1. The summed E-state index contributed by atoms with van der Waals surface area (Å²) in [6.45, 7) is 0.789. The molecule has 0 aromatic heterocycles. The molecule has 28 heavy (non-hydrogen) atoms. The minimum atomic E-state index is 0.456. The Morgan fingerprint density at radius 1 is 0.929 bits per heavy atom. The SMILES string of the molecule is O=C[N+](c1ccc(Cn2ccc3ncnc-3c2)cc1)(C1CCCCC1)C1CC1. The van der Waals surface area contributed by atoms with E-state index in [0.717, 1.165) is 17.9 Å². The van der Waals surface area contributed by atoms with Crippen LogP contribution in [0.25, 0.3) is 11.4 Å². The van der Waals surface area contributed by atoms with Crippen molar-refractivity contribution in [3.63, 3.8) is 0 Å². The Hall–Kier alpha value is -2.53. The molecule has 2 aliphatic heterocycles. The van der Waals surface area contributed by atoms with Gasteiger partial charge in [-0.15, -0.1) is 0 Å².